The predicted octanol–water partition coefficient (Wildman–Crippen LogP) is 3.83. The van der Waals surface area contributed by atoms with E-state index in [0.717, 1.165) is 16.2 Å². The van der Waals surface area contributed by atoms with Gasteiger partial charge in [0.2, 0.25) is 5.91 Å². The maximum atomic E-state index is 12.4. The summed E-state index contributed by atoms with van der Waals surface area (Å²) in [6.45, 7) is 2.48. The van der Waals surface area contributed by atoms with Crippen LogP contribution in [0.3, 0.4) is 0 Å². The van der Waals surface area contributed by atoms with Gasteiger partial charge in [0.05, 0.1) is 23.4 Å². The number of ether oxygens (including phenoxy) is 1. The van der Waals surface area contributed by atoms with Gasteiger partial charge in [-0.05, 0) is 31.2 Å². The van der Waals surface area contributed by atoms with Crippen LogP contribution in [0, 0.1) is 0 Å². The number of hydrogen-bond donors (Lipinski definition) is 1. The average Bonchev–Trinajstić information content (AvgIpc) is 3.31. The number of imide groups is 1. The van der Waals surface area contributed by atoms with Crippen molar-refractivity contribution in [1.82, 2.24) is 9.88 Å². The Morgan fingerprint density at radius 3 is 2.33 bits per heavy atom. The van der Waals surface area contributed by atoms with Crippen molar-refractivity contribution in [2.75, 3.05) is 18.5 Å². The summed E-state index contributed by atoms with van der Waals surface area (Å²) in [7, 11) is 0. The molecule has 1 N–H and O–H groups in total. The highest BCUT2D eigenvalue weighted by Gasteiger charge is 2.35. The van der Waals surface area contributed by atoms with Crippen molar-refractivity contribution in [3.8, 4) is 17.0 Å². The zero-order valence-corrected chi connectivity index (χ0v) is 17.1. The molecule has 0 saturated carbocycles. The zero-order valence-electron chi connectivity index (χ0n) is 16.3. The van der Waals surface area contributed by atoms with Crippen molar-refractivity contribution in [1.29, 1.82) is 0 Å². The monoisotopic (exact) mass is 421 g/mol. The first-order valence-corrected chi connectivity index (χ1v) is 10.4. The molecule has 152 valence electrons. The molecule has 1 aromatic heterocycles. The number of fused-ring (bicyclic) bond motifs is 1. The second-order valence-electron chi connectivity index (χ2n) is 6.57. The minimum atomic E-state index is -0.368. The van der Waals surface area contributed by atoms with Crippen molar-refractivity contribution in [3.63, 3.8) is 0 Å². The number of nitrogens with one attached hydrogen (secondary N) is 1. The number of hydrogen-bond acceptors (Lipinski definition) is 6. The SMILES string of the molecule is CCOc1ccccc1-c1csc(NC(=O)CCN2C(=O)c3ccccc3C2=O)n1. The van der Waals surface area contributed by atoms with Crippen LogP contribution in [0.5, 0.6) is 5.75 Å². The molecule has 0 unspecified atom stereocenters. The molecule has 4 rings (SSSR count). The summed E-state index contributed by atoms with van der Waals surface area (Å²) in [6.07, 6.45) is -0.00405. The molecular formula is C22H19N3O4S. The Balaban J connectivity index is 1.38. The normalized spacial score (nSPS) is 12.8. The van der Waals surface area contributed by atoms with Gasteiger partial charge in [-0.2, -0.15) is 0 Å². The molecule has 0 saturated heterocycles. The molecule has 0 atom stereocenters. The van der Waals surface area contributed by atoms with E-state index in [-0.39, 0.29) is 30.7 Å². The van der Waals surface area contributed by atoms with Gasteiger partial charge in [-0.1, -0.05) is 24.3 Å². The first-order chi connectivity index (χ1) is 14.6. The number of carbonyl (C=O) groups excluding carboxylic acids is 3. The molecule has 0 aliphatic carbocycles. The Morgan fingerprint density at radius 1 is 1.03 bits per heavy atom. The number of carbonyl (C=O) groups is 3. The van der Waals surface area contributed by atoms with Crippen LogP contribution in [-0.4, -0.2) is 40.8 Å². The van der Waals surface area contributed by atoms with Crippen molar-refractivity contribution in [2.45, 2.75) is 13.3 Å². The first-order valence-electron chi connectivity index (χ1n) is 9.51. The molecule has 2 heterocycles. The third-order valence-electron chi connectivity index (χ3n) is 4.65. The standard InChI is InChI=1S/C22H19N3O4S/c1-2-29-18-10-6-5-9-16(18)17-13-30-22(23-17)24-19(26)11-12-25-20(27)14-7-3-4-8-15(14)21(25)28/h3-10,13H,2,11-12H2,1H3,(H,23,24,26). The molecule has 0 fully saturated rings. The molecule has 0 radical (unpaired) electrons. The molecule has 2 aromatic carbocycles. The summed E-state index contributed by atoms with van der Waals surface area (Å²) in [6, 6.07) is 14.2. The predicted molar refractivity (Wildman–Crippen MR) is 114 cm³/mol. The number of benzene rings is 2. The molecule has 7 nitrogen and oxygen atoms in total. The lowest BCUT2D eigenvalue weighted by Gasteiger charge is -2.13. The van der Waals surface area contributed by atoms with E-state index < -0.39 is 0 Å². The van der Waals surface area contributed by atoms with Crippen molar-refractivity contribution >= 4 is 34.2 Å². The number of anilines is 1. The molecule has 3 amide bonds. The molecule has 8 heteroatoms. The lowest BCUT2D eigenvalue weighted by atomic mass is 10.1. The Labute approximate surface area is 177 Å². The van der Waals surface area contributed by atoms with Gasteiger partial charge in [-0.15, -0.1) is 11.3 Å². The Bertz CT molecular complexity index is 1090. The Hall–Kier alpha value is -3.52. The lowest BCUT2D eigenvalue weighted by Crippen LogP contribution is -2.32. The van der Waals surface area contributed by atoms with Gasteiger partial charge in [0.25, 0.3) is 11.8 Å². The fourth-order valence-corrected chi connectivity index (χ4v) is 3.98. The fraction of sp³-hybridized carbons (Fsp3) is 0.182. The summed E-state index contributed by atoms with van der Waals surface area (Å²) in [5.74, 6) is -0.320. The van der Waals surface area contributed by atoms with Crippen molar-refractivity contribution in [3.05, 3.63) is 65.0 Å². The number of amides is 3. The minimum Gasteiger partial charge on any atom is -0.493 e. The molecule has 0 bridgehead atoms. The smallest absolute Gasteiger partial charge is 0.261 e. The largest absolute Gasteiger partial charge is 0.493 e. The number of para-hydroxylation sites is 1. The quantitative estimate of drug-likeness (QED) is 0.586. The minimum absolute atomic E-state index is 0.00405. The first kappa shape index (κ1) is 19.8. The van der Waals surface area contributed by atoms with Crippen molar-refractivity contribution in [2.24, 2.45) is 0 Å². The summed E-state index contributed by atoms with van der Waals surface area (Å²) in [5.41, 5.74) is 2.31. The highest BCUT2D eigenvalue weighted by atomic mass is 32.1. The number of thiazole rings is 1. The van der Waals surface area contributed by atoms with E-state index in [1.54, 1.807) is 24.3 Å². The Morgan fingerprint density at radius 2 is 1.67 bits per heavy atom. The van der Waals surface area contributed by atoms with Crippen LogP contribution in [0.2, 0.25) is 0 Å². The maximum Gasteiger partial charge on any atom is 0.261 e. The van der Waals surface area contributed by atoms with E-state index in [9.17, 15) is 14.4 Å². The Kier molecular flexibility index (Phi) is 5.58. The summed E-state index contributed by atoms with van der Waals surface area (Å²) >= 11 is 1.30. The van der Waals surface area contributed by atoms with Gasteiger partial charge >= 0.3 is 0 Å². The van der Waals surface area contributed by atoms with Crippen LogP contribution < -0.4 is 10.1 Å². The second-order valence-corrected chi connectivity index (χ2v) is 7.43. The molecule has 3 aromatic rings. The maximum absolute atomic E-state index is 12.4. The zero-order chi connectivity index (χ0) is 21.1. The molecule has 1 aliphatic heterocycles. The van der Waals surface area contributed by atoms with E-state index in [2.05, 4.69) is 10.3 Å². The van der Waals surface area contributed by atoms with E-state index in [1.165, 1.54) is 11.3 Å². The highest BCUT2D eigenvalue weighted by Crippen LogP contribution is 2.32. The van der Waals surface area contributed by atoms with Gasteiger partial charge in [0, 0.05) is 23.9 Å². The highest BCUT2D eigenvalue weighted by molar-refractivity contribution is 7.14. The van der Waals surface area contributed by atoms with Gasteiger partial charge in [0.1, 0.15) is 5.75 Å². The topological polar surface area (TPSA) is 88.6 Å². The summed E-state index contributed by atoms with van der Waals surface area (Å²) < 4.78 is 5.63. The number of nitrogens with zero attached hydrogens (tertiary/aromatic N) is 2. The van der Waals surface area contributed by atoms with Crippen LogP contribution in [-0.2, 0) is 4.79 Å². The van der Waals surface area contributed by atoms with Gasteiger partial charge in [-0.25, -0.2) is 4.98 Å². The van der Waals surface area contributed by atoms with Crippen LogP contribution in [0.25, 0.3) is 11.3 Å². The number of aromatic nitrogens is 1. The third-order valence-corrected chi connectivity index (χ3v) is 5.41. The number of rotatable bonds is 7. The van der Waals surface area contributed by atoms with Crippen LogP contribution in [0.4, 0.5) is 5.13 Å². The van der Waals surface area contributed by atoms with Gasteiger partial charge in [-0.3, -0.25) is 19.3 Å². The van der Waals surface area contributed by atoms with Gasteiger partial charge < -0.3 is 10.1 Å². The lowest BCUT2D eigenvalue weighted by molar-refractivity contribution is -0.116. The van der Waals surface area contributed by atoms with E-state index >= 15 is 0 Å². The van der Waals surface area contributed by atoms with E-state index in [1.807, 2.05) is 36.6 Å². The molecule has 0 spiro atoms. The van der Waals surface area contributed by atoms with Crippen LogP contribution in [0.1, 0.15) is 34.1 Å². The fourth-order valence-electron chi connectivity index (χ4n) is 3.25. The van der Waals surface area contributed by atoms with Crippen molar-refractivity contribution < 1.29 is 19.1 Å². The summed E-state index contributed by atoms with van der Waals surface area (Å²) in [5, 5.41) is 5.03. The third kappa shape index (κ3) is 3.81. The van der Waals surface area contributed by atoms with Crippen LogP contribution >= 0.6 is 11.3 Å². The van der Waals surface area contributed by atoms with E-state index in [4.69, 9.17) is 4.74 Å². The molecule has 30 heavy (non-hydrogen) atoms. The summed E-state index contributed by atoms with van der Waals surface area (Å²) in [4.78, 5) is 42.7. The van der Waals surface area contributed by atoms with Gasteiger partial charge in [0.15, 0.2) is 5.13 Å². The van der Waals surface area contributed by atoms with Crippen LogP contribution in [0.15, 0.2) is 53.9 Å². The molecule has 1 aliphatic rings. The van der Waals surface area contributed by atoms with E-state index in [0.29, 0.717) is 28.6 Å². The second kappa shape index (κ2) is 8.46. The molecular weight excluding hydrogens is 402 g/mol. The average molecular weight is 421 g/mol.